The Hall–Kier alpha value is -2.29. The number of hydrogen-bond donors (Lipinski definition) is 2. The van der Waals surface area contributed by atoms with Gasteiger partial charge in [0.25, 0.3) is 0 Å². The zero-order valence-corrected chi connectivity index (χ0v) is 14.0. The number of carbonyl (C=O) groups excluding carboxylic acids is 1. The highest BCUT2D eigenvalue weighted by Gasteiger charge is 2.07. The summed E-state index contributed by atoms with van der Waals surface area (Å²) in [5.74, 6) is 0.476. The zero-order chi connectivity index (χ0) is 16.5. The molecular formula is C20H26N2O. The quantitative estimate of drug-likeness (QED) is 0.724. The van der Waals surface area contributed by atoms with Crippen LogP contribution in [-0.2, 0) is 11.2 Å². The summed E-state index contributed by atoms with van der Waals surface area (Å²) in [6.07, 6.45) is 1.95. The van der Waals surface area contributed by atoms with Crippen molar-refractivity contribution in [1.82, 2.24) is 5.32 Å². The lowest BCUT2D eigenvalue weighted by Gasteiger charge is -2.14. The zero-order valence-electron chi connectivity index (χ0n) is 14.0. The summed E-state index contributed by atoms with van der Waals surface area (Å²) < 4.78 is 0. The predicted octanol–water partition coefficient (Wildman–Crippen LogP) is 3.97. The number of aryl methyl sites for hydroxylation is 1. The van der Waals surface area contributed by atoms with Crippen molar-refractivity contribution in [1.29, 1.82) is 0 Å². The van der Waals surface area contributed by atoms with Crippen molar-refractivity contribution >= 4 is 11.6 Å². The van der Waals surface area contributed by atoms with Crippen molar-refractivity contribution in [2.45, 2.75) is 32.6 Å². The van der Waals surface area contributed by atoms with Crippen molar-refractivity contribution in [3.8, 4) is 0 Å². The SMILES string of the molecule is CC(C)c1ccccc1NCC(=O)NCCCc1ccccc1. The van der Waals surface area contributed by atoms with Crippen LogP contribution in [0.5, 0.6) is 0 Å². The Morgan fingerprint density at radius 1 is 1.00 bits per heavy atom. The molecule has 1 amide bonds. The first-order chi connectivity index (χ1) is 11.2. The van der Waals surface area contributed by atoms with Gasteiger partial charge in [-0.2, -0.15) is 0 Å². The summed E-state index contributed by atoms with van der Waals surface area (Å²) in [5.41, 5.74) is 3.59. The topological polar surface area (TPSA) is 41.1 Å². The first kappa shape index (κ1) is 17.1. The van der Waals surface area contributed by atoms with Crippen molar-refractivity contribution in [2.24, 2.45) is 0 Å². The molecule has 2 N–H and O–H groups in total. The van der Waals surface area contributed by atoms with Gasteiger partial charge in [-0.15, -0.1) is 0 Å². The number of para-hydroxylation sites is 1. The number of carbonyl (C=O) groups is 1. The highest BCUT2D eigenvalue weighted by molar-refractivity contribution is 5.80. The maximum atomic E-state index is 11.9. The Morgan fingerprint density at radius 3 is 2.43 bits per heavy atom. The second kappa shape index (κ2) is 8.99. The van der Waals surface area contributed by atoms with Gasteiger partial charge in [0.15, 0.2) is 0 Å². The highest BCUT2D eigenvalue weighted by Crippen LogP contribution is 2.23. The van der Waals surface area contributed by atoms with Crippen LogP contribution in [0.25, 0.3) is 0 Å². The fraction of sp³-hybridized carbons (Fsp3) is 0.350. The Balaban J connectivity index is 1.69. The molecule has 0 aliphatic carbocycles. The molecule has 2 rings (SSSR count). The molecule has 3 heteroatoms. The Labute approximate surface area is 139 Å². The average molecular weight is 310 g/mol. The smallest absolute Gasteiger partial charge is 0.239 e. The molecule has 0 aromatic heterocycles. The normalized spacial score (nSPS) is 10.6. The molecule has 0 heterocycles. The fourth-order valence-electron chi connectivity index (χ4n) is 2.56. The minimum Gasteiger partial charge on any atom is -0.376 e. The molecule has 2 aromatic rings. The van der Waals surface area contributed by atoms with Gasteiger partial charge in [0.1, 0.15) is 0 Å². The lowest BCUT2D eigenvalue weighted by Crippen LogP contribution is -2.31. The highest BCUT2D eigenvalue weighted by atomic mass is 16.1. The standard InChI is InChI=1S/C20H26N2O/c1-16(2)18-12-6-7-13-19(18)22-15-20(23)21-14-8-11-17-9-4-3-5-10-17/h3-7,9-10,12-13,16,22H,8,11,14-15H2,1-2H3,(H,21,23). The third-order valence-corrected chi connectivity index (χ3v) is 3.83. The van der Waals surface area contributed by atoms with E-state index >= 15 is 0 Å². The monoisotopic (exact) mass is 310 g/mol. The van der Waals surface area contributed by atoms with Crippen LogP contribution in [0.15, 0.2) is 54.6 Å². The van der Waals surface area contributed by atoms with E-state index in [-0.39, 0.29) is 5.91 Å². The van der Waals surface area contributed by atoms with Gasteiger partial charge in [-0.1, -0.05) is 62.4 Å². The number of hydrogen-bond acceptors (Lipinski definition) is 2. The van der Waals surface area contributed by atoms with E-state index in [1.54, 1.807) is 0 Å². The van der Waals surface area contributed by atoms with Crippen LogP contribution in [0.3, 0.4) is 0 Å². The van der Waals surface area contributed by atoms with Gasteiger partial charge < -0.3 is 10.6 Å². The minimum atomic E-state index is 0.0385. The summed E-state index contributed by atoms with van der Waals surface area (Å²) >= 11 is 0. The van der Waals surface area contributed by atoms with Crippen LogP contribution in [0, 0.1) is 0 Å². The molecule has 23 heavy (non-hydrogen) atoms. The molecule has 0 aliphatic rings. The maximum Gasteiger partial charge on any atom is 0.239 e. The van der Waals surface area contributed by atoms with E-state index in [0.717, 1.165) is 18.5 Å². The van der Waals surface area contributed by atoms with Crippen LogP contribution in [0.4, 0.5) is 5.69 Å². The van der Waals surface area contributed by atoms with Gasteiger partial charge in [-0.05, 0) is 36.0 Å². The second-order valence-corrected chi connectivity index (χ2v) is 6.03. The number of rotatable bonds is 8. The molecule has 122 valence electrons. The van der Waals surface area contributed by atoms with Crippen LogP contribution in [-0.4, -0.2) is 19.0 Å². The number of nitrogens with one attached hydrogen (secondary N) is 2. The summed E-state index contributed by atoms with van der Waals surface area (Å²) in [6, 6.07) is 18.5. The third-order valence-electron chi connectivity index (χ3n) is 3.83. The lowest BCUT2D eigenvalue weighted by atomic mass is 10.0. The van der Waals surface area contributed by atoms with Crippen molar-refractivity contribution in [3.63, 3.8) is 0 Å². The summed E-state index contributed by atoms with van der Waals surface area (Å²) in [6.45, 7) is 5.34. The molecular weight excluding hydrogens is 284 g/mol. The summed E-state index contributed by atoms with van der Waals surface area (Å²) in [4.78, 5) is 11.9. The molecule has 0 atom stereocenters. The fourth-order valence-corrected chi connectivity index (χ4v) is 2.56. The average Bonchev–Trinajstić information content (AvgIpc) is 2.58. The molecule has 0 saturated carbocycles. The van der Waals surface area contributed by atoms with Crippen molar-refractivity contribution < 1.29 is 4.79 Å². The lowest BCUT2D eigenvalue weighted by molar-refractivity contribution is -0.119. The van der Waals surface area contributed by atoms with Crippen molar-refractivity contribution in [3.05, 3.63) is 65.7 Å². The van der Waals surface area contributed by atoms with Gasteiger partial charge in [0.05, 0.1) is 6.54 Å². The van der Waals surface area contributed by atoms with E-state index < -0.39 is 0 Å². The van der Waals surface area contributed by atoms with Gasteiger partial charge in [0, 0.05) is 12.2 Å². The van der Waals surface area contributed by atoms with Gasteiger partial charge >= 0.3 is 0 Å². The molecule has 2 aromatic carbocycles. The Morgan fingerprint density at radius 2 is 1.70 bits per heavy atom. The molecule has 0 spiro atoms. The first-order valence-electron chi connectivity index (χ1n) is 8.30. The molecule has 0 saturated heterocycles. The predicted molar refractivity (Wildman–Crippen MR) is 96.8 cm³/mol. The molecule has 3 nitrogen and oxygen atoms in total. The van der Waals surface area contributed by atoms with Crippen molar-refractivity contribution in [2.75, 3.05) is 18.4 Å². The molecule has 0 unspecified atom stereocenters. The van der Waals surface area contributed by atoms with E-state index in [0.29, 0.717) is 19.0 Å². The Kier molecular flexibility index (Phi) is 6.67. The van der Waals surface area contributed by atoms with Crippen LogP contribution < -0.4 is 10.6 Å². The number of amides is 1. The van der Waals surface area contributed by atoms with Crippen LogP contribution in [0.2, 0.25) is 0 Å². The first-order valence-corrected chi connectivity index (χ1v) is 8.30. The van der Waals surface area contributed by atoms with Gasteiger partial charge in [0.2, 0.25) is 5.91 Å². The minimum absolute atomic E-state index is 0.0385. The number of benzene rings is 2. The second-order valence-electron chi connectivity index (χ2n) is 6.03. The van der Waals surface area contributed by atoms with E-state index in [9.17, 15) is 4.79 Å². The summed E-state index contributed by atoms with van der Waals surface area (Å²) in [5, 5.41) is 6.21. The van der Waals surface area contributed by atoms with Gasteiger partial charge in [-0.25, -0.2) is 0 Å². The van der Waals surface area contributed by atoms with Crippen LogP contribution in [0.1, 0.15) is 37.3 Å². The molecule has 0 radical (unpaired) electrons. The molecule has 0 bridgehead atoms. The largest absolute Gasteiger partial charge is 0.376 e. The Bertz CT molecular complexity index is 608. The van der Waals surface area contributed by atoms with Crippen LogP contribution >= 0.6 is 0 Å². The summed E-state index contributed by atoms with van der Waals surface area (Å²) in [7, 11) is 0. The van der Waals surface area contributed by atoms with E-state index in [1.807, 2.05) is 36.4 Å². The van der Waals surface area contributed by atoms with E-state index in [1.165, 1.54) is 11.1 Å². The van der Waals surface area contributed by atoms with E-state index in [2.05, 4.69) is 42.7 Å². The maximum absolute atomic E-state index is 11.9. The molecule has 0 fully saturated rings. The third kappa shape index (κ3) is 5.78. The number of anilines is 1. The van der Waals surface area contributed by atoms with E-state index in [4.69, 9.17) is 0 Å². The molecule has 0 aliphatic heterocycles. The van der Waals surface area contributed by atoms with Gasteiger partial charge in [-0.3, -0.25) is 4.79 Å².